The Kier molecular flexibility index (Phi) is 11.9. The highest BCUT2D eigenvalue weighted by Crippen LogP contribution is 2.24. The molecular formula is C20H35S. The van der Waals surface area contributed by atoms with Crippen LogP contribution in [0, 0.1) is 11.3 Å². The molecule has 21 heavy (non-hydrogen) atoms. The molecule has 1 heterocycles. The van der Waals surface area contributed by atoms with Gasteiger partial charge in [-0.05, 0) is 24.5 Å². The molecule has 1 aromatic rings. The maximum absolute atomic E-state index is 3.24. The van der Waals surface area contributed by atoms with E-state index in [2.05, 4.69) is 31.4 Å². The van der Waals surface area contributed by atoms with Gasteiger partial charge in [0.1, 0.15) is 0 Å². The van der Waals surface area contributed by atoms with Gasteiger partial charge in [0, 0.05) is 10.3 Å². The Labute approximate surface area is 137 Å². The Bertz CT molecular complexity index is 302. The van der Waals surface area contributed by atoms with Gasteiger partial charge in [0.25, 0.3) is 0 Å². The van der Waals surface area contributed by atoms with Gasteiger partial charge in [-0.3, -0.25) is 0 Å². The summed E-state index contributed by atoms with van der Waals surface area (Å²) in [6, 6.07) is 4.35. The van der Waals surface area contributed by atoms with Crippen LogP contribution < -0.4 is 0 Å². The maximum Gasteiger partial charge on any atom is 0.0445 e. The molecule has 1 atom stereocenters. The SMILES string of the molecule is CCCCCCCCC(CCCCCC)Cc1cc[c]s1. The van der Waals surface area contributed by atoms with Crippen LogP contribution in [0.15, 0.2) is 12.1 Å². The van der Waals surface area contributed by atoms with Crippen molar-refractivity contribution in [1.82, 2.24) is 0 Å². The van der Waals surface area contributed by atoms with E-state index in [0.717, 1.165) is 5.92 Å². The number of hydrogen-bond donors (Lipinski definition) is 0. The van der Waals surface area contributed by atoms with Crippen LogP contribution in [0.2, 0.25) is 0 Å². The standard InChI is InChI=1S/C20H35S/c1-3-5-7-9-10-12-15-19(14-11-8-6-4-2)18-20-16-13-17-21-20/h13,16,19H,3-12,14-15,18H2,1-2H3. The molecule has 1 unspecified atom stereocenters. The molecule has 0 aliphatic heterocycles. The van der Waals surface area contributed by atoms with Gasteiger partial charge in [0.15, 0.2) is 0 Å². The van der Waals surface area contributed by atoms with Crippen LogP contribution in [-0.4, -0.2) is 0 Å². The van der Waals surface area contributed by atoms with Crippen LogP contribution in [0.25, 0.3) is 0 Å². The molecular weight excluding hydrogens is 272 g/mol. The highest BCUT2D eigenvalue weighted by Gasteiger charge is 2.10. The predicted octanol–water partition coefficient (Wildman–Crippen LogP) is 7.43. The van der Waals surface area contributed by atoms with Crippen molar-refractivity contribution in [3.63, 3.8) is 0 Å². The molecule has 1 heteroatoms. The zero-order chi connectivity index (χ0) is 15.2. The second kappa shape index (κ2) is 13.4. The summed E-state index contributed by atoms with van der Waals surface area (Å²) in [5, 5.41) is 3.24. The van der Waals surface area contributed by atoms with Gasteiger partial charge in [-0.25, -0.2) is 0 Å². The highest BCUT2D eigenvalue weighted by atomic mass is 32.1. The molecule has 0 spiro atoms. The van der Waals surface area contributed by atoms with E-state index in [9.17, 15) is 0 Å². The first-order valence-corrected chi connectivity index (χ1v) is 10.1. The van der Waals surface area contributed by atoms with Crippen LogP contribution in [-0.2, 0) is 6.42 Å². The first kappa shape index (κ1) is 18.7. The highest BCUT2D eigenvalue weighted by molar-refractivity contribution is 7.09. The molecule has 0 fully saturated rings. The summed E-state index contributed by atoms with van der Waals surface area (Å²) in [6.07, 6.45) is 18.4. The lowest BCUT2D eigenvalue weighted by Gasteiger charge is -2.16. The quantitative estimate of drug-likeness (QED) is 0.313. The lowest BCUT2D eigenvalue weighted by molar-refractivity contribution is 0.404. The van der Waals surface area contributed by atoms with Crippen LogP contribution in [0.3, 0.4) is 0 Å². The van der Waals surface area contributed by atoms with Gasteiger partial charge in [0.05, 0.1) is 0 Å². The molecule has 0 bridgehead atoms. The van der Waals surface area contributed by atoms with Crippen LogP contribution in [0.5, 0.6) is 0 Å². The fourth-order valence-electron chi connectivity index (χ4n) is 3.09. The summed E-state index contributed by atoms with van der Waals surface area (Å²) in [7, 11) is 0. The van der Waals surface area contributed by atoms with E-state index in [1.807, 2.05) is 11.3 Å². The Morgan fingerprint density at radius 1 is 0.857 bits per heavy atom. The summed E-state index contributed by atoms with van der Waals surface area (Å²) >= 11 is 1.82. The molecule has 1 aromatic heterocycles. The topological polar surface area (TPSA) is 0 Å². The van der Waals surface area contributed by atoms with Gasteiger partial charge in [-0.2, -0.15) is 0 Å². The molecule has 0 N–H and O–H groups in total. The van der Waals surface area contributed by atoms with Crippen molar-refractivity contribution in [2.24, 2.45) is 5.92 Å². The monoisotopic (exact) mass is 307 g/mol. The fraction of sp³-hybridized carbons (Fsp3) is 0.800. The molecule has 0 nitrogen and oxygen atoms in total. The summed E-state index contributed by atoms with van der Waals surface area (Å²) in [5.74, 6) is 0.917. The van der Waals surface area contributed by atoms with E-state index < -0.39 is 0 Å². The Balaban J connectivity index is 2.19. The number of hydrogen-bond acceptors (Lipinski definition) is 1. The Morgan fingerprint density at radius 3 is 2.00 bits per heavy atom. The van der Waals surface area contributed by atoms with Crippen LogP contribution in [0.4, 0.5) is 0 Å². The molecule has 0 saturated carbocycles. The van der Waals surface area contributed by atoms with Gasteiger partial charge in [0.2, 0.25) is 0 Å². The summed E-state index contributed by atoms with van der Waals surface area (Å²) in [5.41, 5.74) is 0. The number of thiophene rings is 1. The summed E-state index contributed by atoms with van der Waals surface area (Å²) < 4.78 is 0. The molecule has 1 radical (unpaired) electrons. The van der Waals surface area contributed by atoms with Crippen LogP contribution >= 0.6 is 11.3 Å². The van der Waals surface area contributed by atoms with E-state index >= 15 is 0 Å². The summed E-state index contributed by atoms with van der Waals surface area (Å²) in [4.78, 5) is 1.54. The van der Waals surface area contributed by atoms with Crippen molar-refractivity contribution >= 4 is 11.3 Å². The lowest BCUT2D eigenvalue weighted by Crippen LogP contribution is -2.04. The zero-order valence-corrected chi connectivity index (χ0v) is 15.1. The normalized spacial score (nSPS) is 12.7. The van der Waals surface area contributed by atoms with E-state index in [1.165, 1.54) is 83.5 Å². The van der Waals surface area contributed by atoms with E-state index in [4.69, 9.17) is 0 Å². The maximum atomic E-state index is 3.24. The van der Waals surface area contributed by atoms with E-state index in [0.29, 0.717) is 0 Å². The van der Waals surface area contributed by atoms with Crippen molar-refractivity contribution in [3.8, 4) is 0 Å². The van der Waals surface area contributed by atoms with E-state index in [1.54, 1.807) is 4.88 Å². The smallest absolute Gasteiger partial charge is 0.0445 e. The van der Waals surface area contributed by atoms with Gasteiger partial charge >= 0.3 is 0 Å². The van der Waals surface area contributed by atoms with Crippen molar-refractivity contribution in [2.45, 2.75) is 97.3 Å². The Hall–Kier alpha value is -0.300. The summed E-state index contributed by atoms with van der Waals surface area (Å²) in [6.45, 7) is 4.60. The second-order valence-electron chi connectivity index (χ2n) is 6.50. The molecule has 0 saturated heterocycles. The van der Waals surface area contributed by atoms with Gasteiger partial charge in [-0.1, -0.05) is 90.9 Å². The Morgan fingerprint density at radius 2 is 1.43 bits per heavy atom. The predicted molar refractivity (Wildman–Crippen MR) is 97.1 cm³/mol. The van der Waals surface area contributed by atoms with Crippen molar-refractivity contribution < 1.29 is 0 Å². The zero-order valence-electron chi connectivity index (χ0n) is 14.3. The van der Waals surface area contributed by atoms with E-state index in [-0.39, 0.29) is 0 Å². The minimum Gasteiger partial charge on any atom is -0.139 e. The molecule has 0 aromatic carbocycles. The number of rotatable bonds is 14. The third kappa shape index (κ3) is 10.1. The first-order valence-electron chi connectivity index (χ1n) is 9.31. The van der Waals surface area contributed by atoms with Crippen molar-refractivity contribution in [2.75, 3.05) is 0 Å². The largest absolute Gasteiger partial charge is 0.139 e. The fourth-order valence-corrected chi connectivity index (χ4v) is 3.83. The molecule has 1 rings (SSSR count). The van der Waals surface area contributed by atoms with Gasteiger partial charge in [-0.15, -0.1) is 11.3 Å². The average Bonchev–Trinajstić information content (AvgIpc) is 2.99. The molecule has 0 amide bonds. The van der Waals surface area contributed by atoms with Crippen LogP contribution in [0.1, 0.15) is 95.8 Å². The number of unbranched alkanes of at least 4 members (excludes halogenated alkanes) is 8. The molecule has 121 valence electrons. The lowest BCUT2D eigenvalue weighted by atomic mass is 9.91. The van der Waals surface area contributed by atoms with Crippen molar-refractivity contribution in [3.05, 3.63) is 22.4 Å². The average molecular weight is 308 g/mol. The third-order valence-electron chi connectivity index (χ3n) is 4.45. The minimum atomic E-state index is 0.917. The van der Waals surface area contributed by atoms with Gasteiger partial charge < -0.3 is 0 Å². The van der Waals surface area contributed by atoms with Crippen molar-refractivity contribution in [1.29, 1.82) is 0 Å². The molecule has 0 aliphatic carbocycles. The first-order chi connectivity index (χ1) is 10.4. The molecule has 0 aliphatic rings. The second-order valence-corrected chi connectivity index (χ2v) is 7.46. The minimum absolute atomic E-state index is 0.917. The third-order valence-corrected chi connectivity index (χ3v) is 5.27.